The molecule has 0 heterocycles. The van der Waals surface area contributed by atoms with Gasteiger partial charge in [-0.2, -0.15) is 0 Å². The molecule has 3 heteroatoms. The van der Waals surface area contributed by atoms with Crippen LogP contribution < -0.4 is 5.32 Å². The normalized spacial score (nSPS) is 12.4. The fourth-order valence-corrected chi connectivity index (χ4v) is 2.64. The molecular formula is C18H21ClFN. The Morgan fingerprint density at radius 2 is 1.90 bits per heavy atom. The van der Waals surface area contributed by atoms with Crippen LogP contribution in [-0.4, -0.2) is 6.54 Å². The molecule has 0 amide bonds. The monoisotopic (exact) mass is 305 g/mol. The zero-order valence-electron chi connectivity index (χ0n) is 12.5. The number of benzene rings is 2. The summed E-state index contributed by atoms with van der Waals surface area (Å²) < 4.78 is 14.3. The minimum Gasteiger partial charge on any atom is -0.310 e. The molecule has 112 valence electrons. The van der Waals surface area contributed by atoms with Gasteiger partial charge in [0.25, 0.3) is 0 Å². The fraction of sp³-hybridized carbons (Fsp3) is 0.333. The van der Waals surface area contributed by atoms with Crippen LogP contribution in [0.25, 0.3) is 0 Å². The molecule has 0 aliphatic heterocycles. The maximum atomic E-state index is 14.3. The van der Waals surface area contributed by atoms with E-state index in [0.717, 1.165) is 19.4 Å². The first-order chi connectivity index (χ1) is 10.1. The highest BCUT2D eigenvalue weighted by atomic mass is 35.5. The molecule has 1 unspecified atom stereocenters. The number of nitrogens with one attached hydrogen (secondary N) is 1. The van der Waals surface area contributed by atoms with Crippen molar-refractivity contribution < 1.29 is 4.39 Å². The highest BCUT2D eigenvalue weighted by Gasteiger charge is 2.18. The Kier molecular flexibility index (Phi) is 5.77. The van der Waals surface area contributed by atoms with Crippen LogP contribution in [0.1, 0.15) is 36.1 Å². The summed E-state index contributed by atoms with van der Waals surface area (Å²) in [5.41, 5.74) is 3.09. The second-order valence-electron chi connectivity index (χ2n) is 5.28. The molecule has 0 aromatic heterocycles. The van der Waals surface area contributed by atoms with Crippen LogP contribution in [-0.2, 0) is 6.42 Å². The summed E-state index contributed by atoms with van der Waals surface area (Å²) in [5, 5.41) is 3.61. The summed E-state index contributed by atoms with van der Waals surface area (Å²) in [5.74, 6) is -0.318. The minimum absolute atomic E-state index is 0.0650. The van der Waals surface area contributed by atoms with Gasteiger partial charge < -0.3 is 5.32 Å². The first-order valence-corrected chi connectivity index (χ1v) is 7.73. The van der Waals surface area contributed by atoms with Crippen molar-refractivity contribution in [2.24, 2.45) is 0 Å². The van der Waals surface area contributed by atoms with Gasteiger partial charge in [0.2, 0.25) is 0 Å². The zero-order chi connectivity index (χ0) is 15.2. The Morgan fingerprint density at radius 1 is 1.14 bits per heavy atom. The SMILES string of the molecule is CCCNC(Cc1ccccc1C)c1cccc(Cl)c1F. The van der Waals surface area contributed by atoms with Crippen LogP contribution in [0, 0.1) is 12.7 Å². The van der Waals surface area contributed by atoms with Gasteiger partial charge in [0, 0.05) is 11.6 Å². The standard InChI is InChI=1S/C18H21ClFN/c1-3-11-21-17(12-14-8-5-4-7-13(14)2)15-9-6-10-16(19)18(15)20/h4-10,17,21H,3,11-12H2,1-2H3. The van der Waals surface area contributed by atoms with Gasteiger partial charge in [0.05, 0.1) is 5.02 Å². The van der Waals surface area contributed by atoms with E-state index in [1.54, 1.807) is 12.1 Å². The van der Waals surface area contributed by atoms with Crippen LogP contribution in [0.2, 0.25) is 5.02 Å². The van der Waals surface area contributed by atoms with E-state index >= 15 is 0 Å². The first-order valence-electron chi connectivity index (χ1n) is 7.35. The molecule has 1 nitrogen and oxygen atoms in total. The van der Waals surface area contributed by atoms with Crippen LogP contribution in [0.15, 0.2) is 42.5 Å². The Balaban J connectivity index is 2.30. The molecule has 2 aromatic rings. The van der Waals surface area contributed by atoms with Gasteiger partial charge in [-0.25, -0.2) is 4.39 Å². The molecule has 1 N–H and O–H groups in total. The molecule has 2 rings (SSSR count). The topological polar surface area (TPSA) is 12.0 Å². The maximum absolute atomic E-state index is 14.3. The van der Waals surface area contributed by atoms with Crippen LogP contribution in [0.5, 0.6) is 0 Å². The van der Waals surface area contributed by atoms with E-state index in [-0.39, 0.29) is 16.9 Å². The van der Waals surface area contributed by atoms with Crippen molar-refractivity contribution in [1.29, 1.82) is 0 Å². The predicted octanol–water partition coefficient (Wildman–Crippen LogP) is 5.07. The van der Waals surface area contributed by atoms with Crippen molar-refractivity contribution in [2.75, 3.05) is 6.54 Å². The minimum atomic E-state index is -0.318. The van der Waals surface area contributed by atoms with Gasteiger partial charge in [0.1, 0.15) is 5.82 Å². The lowest BCUT2D eigenvalue weighted by atomic mass is 9.95. The van der Waals surface area contributed by atoms with Gasteiger partial charge in [-0.05, 0) is 43.5 Å². The van der Waals surface area contributed by atoms with Crippen molar-refractivity contribution in [3.8, 4) is 0 Å². The van der Waals surface area contributed by atoms with E-state index in [1.165, 1.54) is 11.1 Å². The number of rotatable bonds is 6. The molecule has 0 saturated carbocycles. The van der Waals surface area contributed by atoms with Crippen LogP contribution >= 0.6 is 11.6 Å². The molecule has 0 aliphatic rings. The van der Waals surface area contributed by atoms with Gasteiger partial charge in [0.15, 0.2) is 0 Å². The van der Waals surface area contributed by atoms with Gasteiger partial charge in [-0.3, -0.25) is 0 Å². The highest BCUT2D eigenvalue weighted by molar-refractivity contribution is 6.30. The van der Waals surface area contributed by atoms with E-state index in [4.69, 9.17) is 11.6 Å². The fourth-order valence-electron chi connectivity index (χ4n) is 2.46. The third-order valence-electron chi connectivity index (χ3n) is 3.68. The number of hydrogen-bond donors (Lipinski definition) is 1. The summed E-state index contributed by atoms with van der Waals surface area (Å²) in [6, 6.07) is 13.4. The molecular weight excluding hydrogens is 285 g/mol. The first kappa shape index (κ1) is 16.0. The van der Waals surface area contributed by atoms with E-state index in [9.17, 15) is 4.39 Å². The van der Waals surface area contributed by atoms with Crippen molar-refractivity contribution >= 4 is 11.6 Å². The maximum Gasteiger partial charge on any atom is 0.146 e. The highest BCUT2D eigenvalue weighted by Crippen LogP contribution is 2.26. The molecule has 21 heavy (non-hydrogen) atoms. The van der Waals surface area contributed by atoms with Crippen LogP contribution in [0.3, 0.4) is 0 Å². The summed E-state index contributed by atoms with van der Waals surface area (Å²) in [6.07, 6.45) is 1.76. The molecule has 0 fully saturated rings. The zero-order valence-corrected chi connectivity index (χ0v) is 13.3. The smallest absolute Gasteiger partial charge is 0.146 e. The summed E-state index contributed by atoms with van der Waals surface area (Å²) in [7, 11) is 0. The average Bonchev–Trinajstić information content (AvgIpc) is 2.48. The third-order valence-corrected chi connectivity index (χ3v) is 3.97. The van der Waals surface area contributed by atoms with Crippen LogP contribution in [0.4, 0.5) is 4.39 Å². The van der Waals surface area contributed by atoms with Crippen molar-refractivity contribution in [2.45, 2.75) is 32.7 Å². The van der Waals surface area contributed by atoms with Gasteiger partial charge in [-0.15, -0.1) is 0 Å². The van der Waals surface area contributed by atoms with E-state index in [1.807, 2.05) is 18.2 Å². The molecule has 0 radical (unpaired) electrons. The van der Waals surface area contributed by atoms with E-state index in [0.29, 0.717) is 5.56 Å². The Labute approximate surface area is 131 Å². The molecule has 0 saturated heterocycles. The summed E-state index contributed by atoms with van der Waals surface area (Å²) in [4.78, 5) is 0. The lowest BCUT2D eigenvalue weighted by Crippen LogP contribution is -2.25. The van der Waals surface area contributed by atoms with Gasteiger partial charge >= 0.3 is 0 Å². The Hall–Kier alpha value is -1.38. The van der Waals surface area contributed by atoms with Crippen molar-refractivity contribution in [3.05, 3.63) is 70.0 Å². The Morgan fingerprint density at radius 3 is 2.62 bits per heavy atom. The Bertz CT molecular complexity index is 598. The summed E-state index contributed by atoms with van der Waals surface area (Å²) >= 11 is 5.92. The quantitative estimate of drug-likeness (QED) is 0.785. The molecule has 1 atom stereocenters. The predicted molar refractivity (Wildman–Crippen MR) is 87.3 cm³/mol. The van der Waals surface area contributed by atoms with E-state index in [2.05, 4.69) is 31.3 Å². The number of halogens is 2. The lowest BCUT2D eigenvalue weighted by molar-refractivity contribution is 0.496. The molecule has 2 aromatic carbocycles. The summed E-state index contributed by atoms with van der Waals surface area (Å²) in [6.45, 7) is 5.04. The third kappa shape index (κ3) is 4.05. The van der Waals surface area contributed by atoms with Crippen molar-refractivity contribution in [1.82, 2.24) is 5.32 Å². The van der Waals surface area contributed by atoms with Gasteiger partial charge in [-0.1, -0.05) is 54.9 Å². The van der Waals surface area contributed by atoms with Crippen molar-refractivity contribution in [3.63, 3.8) is 0 Å². The molecule has 0 bridgehead atoms. The second kappa shape index (κ2) is 7.58. The number of aryl methyl sites for hydroxylation is 1. The number of hydrogen-bond acceptors (Lipinski definition) is 1. The lowest BCUT2D eigenvalue weighted by Gasteiger charge is -2.21. The molecule has 0 spiro atoms. The molecule has 0 aliphatic carbocycles. The second-order valence-corrected chi connectivity index (χ2v) is 5.69. The van der Waals surface area contributed by atoms with E-state index < -0.39 is 0 Å². The largest absolute Gasteiger partial charge is 0.310 e. The average molecular weight is 306 g/mol.